The first kappa shape index (κ1) is 15.7. The Balaban J connectivity index is 2.92. The molecule has 1 N–H and O–H groups in total. The van der Waals surface area contributed by atoms with E-state index in [1.54, 1.807) is 13.3 Å². The molecule has 0 bridgehead atoms. The summed E-state index contributed by atoms with van der Waals surface area (Å²) in [7, 11) is 1.66. The number of hydrogen-bond acceptors (Lipinski definition) is 4. The summed E-state index contributed by atoms with van der Waals surface area (Å²) < 4.78 is 6.83. The van der Waals surface area contributed by atoms with Crippen molar-refractivity contribution < 1.29 is 4.74 Å². The lowest BCUT2D eigenvalue weighted by molar-refractivity contribution is 0.182. The van der Waals surface area contributed by atoms with Crippen molar-refractivity contribution in [1.82, 2.24) is 9.78 Å². The first-order valence-electron chi connectivity index (χ1n) is 6.08. The van der Waals surface area contributed by atoms with E-state index < -0.39 is 0 Å². The Morgan fingerprint density at radius 3 is 3.00 bits per heavy atom. The van der Waals surface area contributed by atoms with E-state index >= 15 is 0 Å². The topological polar surface area (TPSA) is 56.1 Å². The van der Waals surface area contributed by atoms with Gasteiger partial charge >= 0.3 is 0 Å². The summed E-state index contributed by atoms with van der Waals surface area (Å²) in [6.07, 6.45) is 8.76. The normalized spacial score (nSPS) is 11.9. The highest BCUT2D eigenvalue weighted by Gasteiger charge is 2.13. The molecule has 1 rings (SSSR count). The minimum absolute atomic E-state index is 0.149. The fraction of sp³-hybridized carbons (Fsp3) is 0.538. The molecule has 1 aromatic heterocycles. The molecule has 0 aliphatic rings. The molecule has 1 heterocycles. The zero-order valence-electron chi connectivity index (χ0n) is 11.1. The van der Waals surface area contributed by atoms with E-state index in [9.17, 15) is 4.79 Å². The number of rotatable bonds is 7. The van der Waals surface area contributed by atoms with Crippen LogP contribution in [-0.2, 0) is 11.3 Å². The van der Waals surface area contributed by atoms with Crippen LogP contribution in [0, 0.1) is 12.3 Å². The van der Waals surface area contributed by atoms with E-state index in [1.165, 1.54) is 4.68 Å². The Hall–Kier alpha value is -1.32. The predicted molar refractivity (Wildman–Crippen MR) is 79.2 cm³/mol. The van der Waals surface area contributed by atoms with Crippen LogP contribution in [0.25, 0.3) is 0 Å². The molecular weight excluding hydrogens is 310 g/mol. The third-order valence-corrected chi connectivity index (χ3v) is 3.36. The van der Waals surface area contributed by atoms with Gasteiger partial charge in [-0.05, 0) is 22.4 Å². The van der Waals surface area contributed by atoms with E-state index in [1.807, 2.05) is 0 Å². The van der Waals surface area contributed by atoms with Crippen LogP contribution in [0.3, 0.4) is 0 Å². The number of hydrogen-bond donors (Lipinski definition) is 1. The number of halogens is 1. The van der Waals surface area contributed by atoms with E-state index in [2.05, 4.69) is 39.2 Å². The van der Waals surface area contributed by atoms with Gasteiger partial charge in [0.15, 0.2) is 0 Å². The van der Waals surface area contributed by atoms with Crippen LogP contribution in [-0.4, -0.2) is 29.5 Å². The van der Waals surface area contributed by atoms with Crippen LogP contribution in [0.5, 0.6) is 0 Å². The molecule has 1 atom stereocenters. The molecule has 0 radical (unpaired) electrons. The van der Waals surface area contributed by atoms with Gasteiger partial charge in [-0.15, -0.1) is 6.42 Å². The van der Waals surface area contributed by atoms with Gasteiger partial charge in [-0.3, -0.25) is 4.79 Å². The molecule has 0 spiro atoms. The fourth-order valence-electron chi connectivity index (χ4n) is 1.73. The van der Waals surface area contributed by atoms with Crippen LogP contribution in [0.4, 0.5) is 5.69 Å². The highest BCUT2D eigenvalue weighted by atomic mass is 79.9. The van der Waals surface area contributed by atoms with Crippen molar-refractivity contribution in [1.29, 1.82) is 0 Å². The molecule has 104 valence electrons. The highest BCUT2D eigenvalue weighted by Crippen LogP contribution is 2.18. The average Bonchev–Trinajstić information content (AvgIpc) is 2.39. The Labute approximate surface area is 121 Å². The molecule has 0 aliphatic heterocycles. The highest BCUT2D eigenvalue weighted by molar-refractivity contribution is 9.10. The maximum absolute atomic E-state index is 12.0. The van der Waals surface area contributed by atoms with Gasteiger partial charge in [-0.2, -0.15) is 5.10 Å². The summed E-state index contributed by atoms with van der Waals surface area (Å²) in [5, 5.41) is 7.29. The first-order chi connectivity index (χ1) is 9.13. The zero-order chi connectivity index (χ0) is 14.3. The summed E-state index contributed by atoms with van der Waals surface area (Å²) in [6.45, 7) is 2.84. The molecule has 6 heteroatoms. The predicted octanol–water partition coefficient (Wildman–Crippen LogP) is 1.87. The van der Waals surface area contributed by atoms with E-state index in [4.69, 9.17) is 11.2 Å². The summed E-state index contributed by atoms with van der Waals surface area (Å²) >= 11 is 3.29. The molecule has 0 aromatic carbocycles. The second-order valence-electron chi connectivity index (χ2n) is 4.12. The molecule has 1 aromatic rings. The molecule has 5 nitrogen and oxygen atoms in total. The summed E-state index contributed by atoms with van der Waals surface area (Å²) in [6, 6.07) is 0.149. The molecular formula is C13H18BrN3O2. The number of aromatic nitrogens is 2. The second-order valence-corrected chi connectivity index (χ2v) is 4.92. The van der Waals surface area contributed by atoms with Gasteiger partial charge in [0, 0.05) is 13.2 Å². The Bertz CT molecular complexity index is 502. The number of methoxy groups -OCH3 is 1. The largest absolute Gasteiger partial charge is 0.383 e. The summed E-state index contributed by atoms with van der Waals surface area (Å²) in [5.74, 6) is 2.39. The van der Waals surface area contributed by atoms with Crippen LogP contribution < -0.4 is 10.9 Å². The SMILES string of the molecule is C#CCn1ncc(NC(CCC)COC)c(Br)c1=O. The Kier molecular flexibility index (Phi) is 6.60. The molecule has 0 aliphatic carbocycles. The summed E-state index contributed by atoms with van der Waals surface area (Å²) in [5.41, 5.74) is 0.421. The lowest BCUT2D eigenvalue weighted by Crippen LogP contribution is -2.29. The number of nitrogens with one attached hydrogen (secondary N) is 1. The smallest absolute Gasteiger partial charge is 0.284 e. The van der Waals surface area contributed by atoms with Gasteiger partial charge in [-0.25, -0.2) is 4.68 Å². The first-order valence-corrected chi connectivity index (χ1v) is 6.87. The second kappa shape index (κ2) is 7.97. The Morgan fingerprint density at radius 2 is 2.42 bits per heavy atom. The molecule has 0 amide bonds. The van der Waals surface area contributed by atoms with Gasteiger partial charge in [-0.1, -0.05) is 19.3 Å². The molecule has 19 heavy (non-hydrogen) atoms. The van der Waals surface area contributed by atoms with Crippen LogP contribution in [0.2, 0.25) is 0 Å². The quantitative estimate of drug-likeness (QED) is 0.777. The number of ether oxygens (including phenoxy) is 1. The molecule has 0 saturated carbocycles. The molecule has 1 unspecified atom stereocenters. The van der Waals surface area contributed by atoms with Crippen LogP contribution in [0.1, 0.15) is 19.8 Å². The lowest BCUT2D eigenvalue weighted by atomic mass is 10.2. The Morgan fingerprint density at radius 1 is 1.68 bits per heavy atom. The van der Waals surface area contributed by atoms with Crippen molar-refractivity contribution in [2.45, 2.75) is 32.4 Å². The van der Waals surface area contributed by atoms with Crippen LogP contribution >= 0.6 is 15.9 Å². The fourth-order valence-corrected chi connectivity index (χ4v) is 2.15. The molecule has 0 fully saturated rings. The number of nitrogens with zero attached hydrogens (tertiary/aromatic N) is 2. The summed E-state index contributed by atoms with van der Waals surface area (Å²) in [4.78, 5) is 12.0. The van der Waals surface area contributed by atoms with Gasteiger partial charge < -0.3 is 10.1 Å². The van der Waals surface area contributed by atoms with Gasteiger partial charge in [0.25, 0.3) is 5.56 Å². The van der Waals surface area contributed by atoms with Gasteiger partial charge in [0.2, 0.25) is 0 Å². The monoisotopic (exact) mass is 327 g/mol. The lowest BCUT2D eigenvalue weighted by Gasteiger charge is -2.19. The third kappa shape index (κ3) is 4.37. The standard InChI is InChI=1S/C13H18BrN3O2/c1-4-6-10(9-19-3)16-11-8-15-17(7-5-2)13(18)12(11)14/h2,8,10,16H,4,6-7,9H2,1,3H3. The number of terminal acetylenes is 1. The van der Waals surface area contributed by atoms with Crippen molar-refractivity contribution in [3.63, 3.8) is 0 Å². The minimum Gasteiger partial charge on any atom is -0.383 e. The van der Waals surface area contributed by atoms with Gasteiger partial charge in [0.1, 0.15) is 11.0 Å². The van der Waals surface area contributed by atoms with Crippen LogP contribution in [0.15, 0.2) is 15.5 Å². The maximum Gasteiger partial charge on any atom is 0.284 e. The van der Waals surface area contributed by atoms with Crippen molar-refractivity contribution in [3.8, 4) is 12.3 Å². The average molecular weight is 328 g/mol. The van der Waals surface area contributed by atoms with E-state index in [0.29, 0.717) is 16.8 Å². The minimum atomic E-state index is -0.240. The van der Waals surface area contributed by atoms with E-state index in [0.717, 1.165) is 12.8 Å². The van der Waals surface area contributed by atoms with E-state index in [-0.39, 0.29) is 18.1 Å². The number of anilines is 1. The molecule has 0 saturated heterocycles. The van der Waals surface area contributed by atoms with Crippen molar-refractivity contribution in [3.05, 3.63) is 21.0 Å². The van der Waals surface area contributed by atoms with Crippen molar-refractivity contribution in [2.75, 3.05) is 19.0 Å². The third-order valence-electron chi connectivity index (χ3n) is 2.59. The van der Waals surface area contributed by atoms with Gasteiger partial charge in [0.05, 0.1) is 18.5 Å². The van der Waals surface area contributed by atoms with Crippen molar-refractivity contribution >= 4 is 21.6 Å². The maximum atomic E-state index is 12.0. The zero-order valence-corrected chi connectivity index (χ0v) is 12.7. The van der Waals surface area contributed by atoms with Crippen molar-refractivity contribution in [2.24, 2.45) is 0 Å².